The van der Waals surface area contributed by atoms with E-state index >= 15 is 0 Å². The van der Waals surface area contributed by atoms with Gasteiger partial charge in [0.25, 0.3) is 0 Å². The molecule has 2 fully saturated rings. The summed E-state index contributed by atoms with van der Waals surface area (Å²) >= 11 is 6.01. The van der Waals surface area contributed by atoms with Crippen LogP contribution >= 0.6 is 11.6 Å². The molecule has 0 bridgehead atoms. The first-order chi connectivity index (χ1) is 11.7. The monoisotopic (exact) mass is 345 g/mol. The molecule has 24 heavy (non-hydrogen) atoms. The molecule has 4 rings (SSSR count). The van der Waals surface area contributed by atoms with Gasteiger partial charge in [-0.3, -0.25) is 4.79 Å². The predicted octanol–water partition coefficient (Wildman–Crippen LogP) is 3.60. The molecule has 2 saturated carbocycles. The third kappa shape index (κ3) is 3.78. The van der Waals surface area contributed by atoms with E-state index in [1.165, 1.54) is 5.56 Å². The summed E-state index contributed by atoms with van der Waals surface area (Å²) in [5.41, 5.74) is 1.20. The highest BCUT2D eigenvalue weighted by Crippen LogP contribution is 2.41. The van der Waals surface area contributed by atoms with Gasteiger partial charge < -0.3 is 9.84 Å². The minimum absolute atomic E-state index is 0.0893. The van der Waals surface area contributed by atoms with Gasteiger partial charge in [0, 0.05) is 35.7 Å². The average molecular weight is 346 g/mol. The third-order valence-corrected chi connectivity index (χ3v) is 4.87. The van der Waals surface area contributed by atoms with Crippen molar-refractivity contribution in [1.29, 1.82) is 0 Å². The van der Waals surface area contributed by atoms with Gasteiger partial charge in [-0.25, -0.2) is 0 Å². The zero-order valence-corrected chi connectivity index (χ0v) is 14.1. The standard InChI is InChI=1S/C18H20ClN3O2/c19-13-4-1-3-12(9-13)14-10-15(14)20-16(23)5-2-6-17-21-18(22-24-17)11-7-8-11/h1,3-4,9,11,14-15H,2,5-8,10H2,(H,20,23). The lowest BCUT2D eigenvalue weighted by Gasteiger charge is -2.04. The minimum atomic E-state index is 0.0893. The smallest absolute Gasteiger partial charge is 0.226 e. The molecule has 2 aliphatic carbocycles. The van der Waals surface area contributed by atoms with E-state index in [4.69, 9.17) is 16.1 Å². The Bertz CT molecular complexity index is 741. The molecule has 0 saturated heterocycles. The van der Waals surface area contributed by atoms with Gasteiger partial charge in [-0.2, -0.15) is 4.98 Å². The minimum Gasteiger partial charge on any atom is -0.353 e. The summed E-state index contributed by atoms with van der Waals surface area (Å²) in [6.07, 6.45) is 5.19. The van der Waals surface area contributed by atoms with Crippen LogP contribution in [0.15, 0.2) is 28.8 Å². The maximum atomic E-state index is 12.0. The zero-order chi connectivity index (χ0) is 16.5. The van der Waals surface area contributed by atoms with Gasteiger partial charge in [-0.05, 0) is 43.4 Å². The van der Waals surface area contributed by atoms with E-state index in [0.29, 0.717) is 30.6 Å². The van der Waals surface area contributed by atoms with Crippen molar-refractivity contribution in [3.8, 4) is 0 Å². The lowest BCUT2D eigenvalue weighted by molar-refractivity contribution is -0.121. The number of amides is 1. The highest BCUT2D eigenvalue weighted by Gasteiger charge is 2.39. The maximum absolute atomic E-state index is 12.0. The van der Waals surface area contributed by atoms with Crippen molar-refractivity contribution in [3.05, 3.63) is 46.6 Å². The van der Waals surface area contributed by atoms with E-state index in [0.717, 1.165) is 36.5 Å². The Kier molecular flexibility index (Phi) is 4.27. The van der Waals surface area contributed by atoms with Crippen molar-refractivity contribution in [2.45, 2.75) is 56.4 Å². The number of carbonyl (C=O) groups is 1. The molecule has 1 aromatic carbocycles. The fourth-order valence-corrected chi connectivity index (χ4v) is 3.21. The van der Waals surface area contributed by atoms with Crippen LogP contribution in [-0.4, -0.2) is 22.1 Å². The summed E-state index contributed by atoms with van der Waals surface area (Å²) in [4.78, 5) is 16.4. The number of halogens is 1. The molecule has 2 aliphatic rings. The summed E-state index contributed by atoms with van der Waals surface area (Å²) in [5, 5.41) is 7.83. The van der Waals surface area contributed by atoms with Gasteiger partial charge in [0.15, 0.2) is 5.82 Å². The van der Waals surface area contributed by atoms with E-state index in [1.54, 1.807) is 0 Å². The number of nitrogens with one attached hydrogen (secondary N) is 1. The van der Waals surface area contributed by atoms with Crippen LogP contribution in [-0.2, 0) is 11.2 Å². The van der Waals surface area contributed by atoms with Crippen LogP contribution in [0.1, 0.15) is 61.2 Å². The highest BCUT2D eigenvalue weighted by atomic mass is 35.5. The Labute approximate surface area is 145 Å². The van der Waals surface area contributed by atoms with Gasteiger partial charge in [0.05, 0.1) is 0 Å². The van der Waals surface area contributed by atoms with Gasteiger partial charge in [0.2, 0.25) is 11.8 Å². The van der Waals surface area contributed by atoms with Crippen LogP contribution in [0.4, 0.5) is 0 Å². The van der Waals surface area contributed by atoms with Gasteiger partial charge in [-0.1, -0.05) is 28.9 Å². The summed E-state index contributed by atoms with van der Waals surface area (Å²) < 4.78 is 5.22. The van der Waals surface area contributed by atoms with Gasteiger partial charge in [-0.15, -0.1) is 0 Å². The van der Waals surface area contributed by atoms with Crippen molar-refractivity contribution in [2.75, 3.05) is 0 Å². The van der Waals surface area contributed by atoms with Crippen LogP contribution < -0.4 is 5.32 Å². The normalized spacial score (nSPS) is 22.4. The summed E-state index contributed by atoms with van der Waals surface area (Å²) in [6.45, 7) is 0. The van der Waals surface area contributed by atoms with Gasteiger partial charge >= 0.3 is 0 Å². The first-order valence-electron chi connectivity index (χ1n) is 8.56. The summed E-state index contributed by atoms with van der Waals surface area (Å²) in [6, 6.07) is 8.10. The molecule has 6 heteroatoms. The molecule has 2 atom stereocenters. The van der Waals surface area contributed by atoms with E-state index in [-0.39, 0.29) is 11.9 Å². The number of hydrogen-bond acceptors (Lipinski definition) is 4. The van der Waals surface area contributed by atoms with Crippen molar-refractivity contribution in [2.24, 2.45) is 0 Å². The number of nitrogens with zero attached hydrogens (tertiary/aromatic N) is 2. The molecule has 2 aromatic rings. The molecule has 1 amide bonds. The van der Waals surface area contributed by atoms with E-state index < -0.39 is 0 Å². The molecule has 2 unspecified atom stereocenters. The molecule has 0 spiro atoms. The fraction of sp³-hybridized carbons (Fsp3) is 0.500. The predicted molar refractivity (Wildman–Crippen MR) is 90.0 cm³/mol. The Morgan fingerprint density at radius 3 is 3.04 bits per heavy atom. The van der Waals surface area contributed by atoms with Crippen molar-refractivity contribution < 1.29 is 9.32 Å². The number of aryl methyl sites for hydroxylation is 1. The lowest BCUT2D eigenvalue weighted by Crippen LogP contribution is -2.26. The quantitative estimate of drug-likeness (QED) is 0.832. The molecular formula is C18H20ClN3O2. The van der Waals surface area contributed by atoms with E-state index in [9.17, 15) is 4.79 Å². The Hall–Kier alpha value is -1.88. The molecule has 1 heterocycles. The lowest BCUT2D eigenvalue weighted by atomic mass is 10.1. The fourth-order valence-electron chi connectivity index (χ4n) is 3.02. The molecule has 0 radical (unpaired) electrons. The first kappa shape index (κ1) is 15.6. The summed E-state index contributed by atoms with van der Waals surface area (Å²) in [5.74, 6) is 2.46. The van der Waals surface area contributed by atoms with Gasteiger partial charge in [0.1, 0.15) is 0 Å². The number of aromatic nitrogens is 2. The van der Waals surface area contributed by atoms with Crippen LogP contribution in [0.5, 0.6) is 0 Å². The molecule has 1 N–H and O–H groups in total. The van der Waals surface area contributed by atoms with Crippen LogP contribution in [0.25, 0.3) is 0 Å². The number of rotatable bonds is 7. The van der Waals surface area contributed by atoms with Crippen LogP contribution in [0.2, 0.25) is 5.02 Å². The number of carbonyl (C=O) groups excluding carboxylic acids is 1. The maximum Gasteiger partial charge on any atom is 0.226 e. The third-order valence-electron chi connectivity index (χ3n) is 4.63. The molecule has 0 aliphatic heterocycles. The average Bonchev–Trinajstić information content (AvgIpc) is 3.48. The van der Waals surface area contributed by atoms with Crippen LogP contribution in [0.3, 0.4) is 0 Å². The SMILES string of the molecule is O=C(CCCc1nc(C2CC2)no1)NC1CC1c1cccc(Cl)c1. The second-order valence-electron chi connectivity index (χ2n) is 6.75. The molecular weight excluding hydrogens is 326 g/mol. The topological polar surface area (TPSA) is 68.0 Å². The van der Waals surface area contributed by atoms with E-state index in [2.05, 4.69) is 21.5 Å². The molecule has 5 nitrogen and oxygen atoms in total. The zero-order valence-electron chi connectivity index (χ0n) is 13.4. The summed E-state index contributed by atoms with van der Waals surface area (Å²) in [7, 11) is 0. The first-order valence-corrected chi connectivity index (χ1v) is 8.94. The Balaban J connectivity index is 1.19. The number of benzene rings is 1. The van der Waals surface area contributed by atoms with E-state index in [1.807, 2.05) is 18.2 Å². The van der Waals surface area contributed by atoms with Crippen molar-refractivity contribution >= 4 is 17.5 Å². The second kappa shape index (κ2) is 6.55. The number of hydrogen-bond donors (Lipinski definition) is 1. The Morgan fingerprint density at radius 2 is 2.25 bits per heavy atom. The second-order valence-corrected chi connectivity index (χ2v) is 7.18. The molecule has 1 aromatic heterocycles. The van der Waals surface area contributed by atoms with Crippen molar-refractivity contribution in [3.63, 3.8) is 0 Å². The van der Waals surface area contributed by atoms with Crippen LogP contribution in [0, 0.1) is 0 Å². The largest absolute Gasteiger partial charge is 0.353 e. The van der Waals surface area contributed by atoms with Crippen molar-refractivity contribution in [1.82, 2.24) is 15.5 Å². The highest BCUT2D eigenvalue weighted by molar-refractivity contribution is 6.30. The Morgan fingerprint density at radius 1 is 1.38 bits per heavy atom. The molecule has 126 valence electrons.